The van der Waals surface area contributed by atoms with Gasteiger partial charge in [0.1, 0.15) is 11.6 Å². The van der Waals surface area contributed by atoms with Gasteiger partial charge in [-0.2, -0.15) is 0 Å². The highest BCUT2D eigenvalue weighted by Gasteiger charge is 2.28. The van der Waals surface area contributed by atoms with Crippen molar-refractivity contribution < 1.29 is 25.6 Å². The number of imidazole rings is 1. The van der Waals surface area contributed by atoms with Crippen molar-refractivity contribution in [2.24, 2.45) is 0 Å². The first-order chi connectivity index (χ1) is 16.9. The maximum absolute atomic E-state index is 8.93. The smallest absolute Gasteiger partial charge is 0.521 e. The Bertz CT molecular complexity index is 1190. The van der Waals surface area contributed by atoms with E-state index in [0.29, 0.717) is 5.02 Å². The molecule has 0 aliphatic carbocycles. The van der Waals surface area contributed by atoms with E-state index in [1.54, 1.807) is 0 Å². The predicted molar refractivity (Wildman–Crippen MR) is 133 cm³/mol. The summed E-state index contributed by atoms with van der Waals surface area (Å²) in [5, 5.41) is 7.75. The van der Waals surface area contributed by atoms with E-state index in [0.717, 1.165) is 86.4 Å². The molecule has 35 heavy (non-hydrogen) atoms. The molecular weight excluding hydrogens is 495 g/mol. The Morgan fingerprint density at radius 2 is 1.83 bits per heavy atom. The van der Waals surface area contributed by atoms with Crippen LogP contribution in [0.3, 0.4) is 0 Å². The molecule has 0 radical (unpaired) electrons. The Labute approximate surface area is 210 Å². The number of piperazine rings is 1. The van der Waals surface area contributed by atoms with Crippen molar-refractivity contribution in [3.63, 3.8) is 0 Å². The topological polar surface area (TPSA) is 129 Å². The first-order valence-corrected chi connectivity index (χ1v) is 12.8. The summed E-state index contributed by atoms with van der Waals surface area (Å²) in [6.07, 6.45) is 1.88. The second-order valence-electron chi connectivity index (χ2n) is 8.49. The molecule has 2 aliphatic rings. The molecule has 5 rings (SSSR count). The SMILES string of the molecule is Cc1nc(N2CCN(C)CC2)c2nc(-c3ccccc3Cl)n(C3CCOCC3)c2n1.O=[P+]([O-])OO.[HH]. The first kappa shape index (κ1) is 25.8. The lowest BCUT2D eigenvalue weighted by molar-refractivity contribution is -0.244. The van der Waals surface area contributed by atoms with Gasteiger partial charge in [0.05, 0.1) is 5.02 Å². The quantitative estimate of drug-likeness (QED) is 0.308. The Kier molecular flexibility index (Phi) is 8.61. The van der Waals surface area contributed by atoms with Crippen molar-refractivity contribution in [1.82, 2.24) is 24.4 Å². The summed E-state index contributed by atoms with van der Waals surface area (Å²) in [6, 6.07) is 8.20. The molecule has 13 heteroatoms. The number of rotatable bonds is 4. The van der Waals surface area contributed by atoms with Gasteiger partial charge in [-0.25, -0.2) is 20.2 Å². The molecule has 2 aliphatic heterocycles. The van der Waals surface area contributed by atoms with E-state index in [-0.39, 0.29) is 7.47 Å². The summed E-state index contributed by atoms with van der Waals surface area (Å²) in [6.45, 7) is 7.38. The van der Waals surface area contributed by atoms with Crippen LogP contribution in [0.4, 0.5) is 5.82 Å². The minimum absolute atomic E-state index is 0. The molecule has 2 fully saturated rings. The summed E-state index contributed by atoms with van der Waals surface area (Å²) in [4.78, 5) is 28.4. The number of hydrogen-bond acceptors (Lipinski definition) is 10. The summed E-state index contributed by atoms with van der Waals surface area (Å²) in [5.41, 5.74) is 2.70. The number of aromatic nitrogens is 4. The van der Waals surface area contributed by atoms with Gasteiger partial charge in [-0.3, -0.25) is 0 Å². The molecule has 1 N–H and O–H groups in total. The zero-order valence-electron chi connectivity index (χ0n) is 19.6. The molecule has 4 heterocycles. The van der Waals surface area contributed by atoms with Gasteiger partial charge >= 0.3 is 8.25 Å². The van der Waals surface area contributed by atoms with Gasteiger partial charge in [0.15, 0.2) is 17.0 Å². The second kappa shape index (κ2) is 11.7. The lowest BCUT2D eigenvalue weighted by Crippen LogP contribution is -2.45. The molecule has 3 aromatic rings. The molecule has 0 amide bonds. The van der Waals surface area contributed by atoms with E-state index in [9.17, 15) is 0 Å². The van der Waals surface area contributed by atoms with E-state index in [2.05, 4.69) is 26.1 Å². The number of aryl methyl sites for hydroxylation is 1. The third-order valence-corrected chi connectivity index (χ3v) is 6.64. The second-order valence-corrected chi connectivity index (χ2v) is 9.51. The Morgan fingerprint density at radius 3 is 2.46 bits per heavy atom. The molecule has 1 aromatic carbocycles. The third kappa shape index (κ3) is 5.95. The standard InChI is InChI=1S/C22H27ClN6O.HO4P.H2/c1-15-24-21(28-11-9-27(2)10-12-28)19-22(25-15)29(16-7-13-30-14-8-16)20(26-19)17-5-3-4-6-18(17)23;1-4-5(2)3;/h3-6,16H,7-14H2,1-2H3;1H;1H. The van der Waals surface area contributed by atoms with Gasteiger partial charge in [-0.05, 0) is 43.5 Å². The van der Waals surface area contributed by atoms with E-state index >= 15 is 0 Å². The van der Waals surface area contributed by atoms with Gasteiger partial charge in [0.2, 0.25) is 0 Å². The van der Waals surface area contributed by atoms with E-state index in [1.807, 2.05) is 31.2 Å². The molecule has 2 saturated heterocycles. The molecule has 1 unspecified atom stereocenters. The van der Waals surface area contributed by atoms with Crippen LogP contribution in [0.2, 0.25) is 5.02 Å². The molecule has 2 aromatic heterocycles. The van der Waals surface area contributed by atoms with Crippen LogP contribution in [0.5, 0.6) is 0 Å². The van der Waals surface area contributed by atoms with Crippen molar-refractivity contribution in [3.8, 4) is 11.4 Å². The number of fused-ring (bicyclic) bond motifs is 1. The van der Waals surface area contributed by atoms with Crippen LogP contribution in [0.15, 0.2) is 24.3 Å². The van der Waals surface area contributed by atoms with Crippen LogP contribution < -0.4 is 9.79 Å². The number of halogens is 1. The van der Waals surface area contributed by atoms with Crippen molar-refractivity contribution in [1.29, 1.82) is 0 Å². The normalized spacial score (nSPS) is 17.9. The average Bonchev–Trinajstić information content (AvgIpc) is 3.24. The van der Waals surface area contributed by atoms with Gasteiger partial charge in [-0.15, -0.1) is 0 Å². The minimum Gasteiger partial charge on any atom is -0.565 e. The number of anilines is 1. The fourth-order valence-electron chi connectivity index (χ4n) is 4.43. The van der Waals surface area contributed by atoms with E-state index < -0.39 is 8.25 Å². The fraction of sp³-hybridized carbons (Fsp3) is 0.500. The third-order valence-electron chi connectivity index (χ3n) is 6.17. The number of nitrogens with zero attached hydrogens (tertiary/aromatic N) is 6. The Balaban J connectivity index is 0.000000551. The monoisotopic (exact) mass is 524 g/mol. The highest BCUT2D eigenvalue weighted by molar-refractivity contribution is 7.30. The van der Waals surface area contributed by atoms with E-state index in [1.165, 1.54) is 0 Å². The Hall–Kier alpha value is -2.24. The first-order valence-electron chi connectivity index (χ1n) is 11.4. The van der Waals surface area contributed by atoms with Crippen LogP contribution in [0.1, 0.15) is 26.1 Å². The molecule has 0 spiro atoms. The van der Waals surface area contributed by atoms with Crippen LogP contribution in [-0.2, 0) is 14.0 Å². The summed E-state index contributed by atoms with van der Waals surface area (Å²) in [5.74, 6) is 2.58. The van der Waals surface area contributed by atoms with E-state index in [4.69, 9.17) is 46.0 Å². The maximum Gasteiger partial charge on any atom is 0.521 e. The van der Waals surface area contributed by atoms with Crippen LogP contribution in [0.25, 0.3) is 22.6 Å². The Morgan fingerprint density at radius 1 is 1.17 bits per heavy atom. The number of likely N-dealkylation sites (N-methyl/N-ethyl adjacent to an activating group) is 1. The molecule has 190 valence electrons. The van der Waals surface area contributed by atoms with Crippen molar-refractivity contribution in [2.45, 2.75) is 25.8 Å². The van der Waals surface area contributed by atoms with Crippen molar-refractivity contribution in [2.75, 3.05) is 51.3 Å². The maximum atomic E-state index is 8.93. The number of hydrogen-bond donors (Lipinski definition) is 1. The number of ether oxygens (including phenoxy) is 1. The van der Waals surface area contributed by atoms with Crippen LogP contribution in [-0.4, -0.2) is 76.1 Å². The lowest BCUT2D eigenvalue weighted by atomic mass is 10.1. The van der Waals surface area contributed by atoms with Gasteiger partial charge < -0.3 is 24.0 Å². The average molecular weight is 525 g/mol. The summed E-state index contributed by atoms with van der Waals surface area (Å²) in [7, 11) is -0.882. The predicted octanol–water partition coefficient (Wildman–Crippen LogP) is 3.30. The van der Waals surface area contributed by atoms with Gasteiger partial charge in [0.25, 0.3) is 0 Å². The molecule has 1 atom stereocenters. The van der Waals surface area contributed by atoms with Gasteiger partial charge in [-0.1, -0.05) is 23.7 Å². The summed E-state index contributed by atoms with van der Waals surface area (Å²) >= 11 is 6.60. The van der Waals surface area contributed by atoms with Crippen LogP contribution >= 0.6 is 19.9 Å². The highest BCUT2D eigenvalue weighted by Crippen LogP contribution is 2.37. The zero-order chi connectivity index (χ0) is 24.9. The number of benzene rings is 1. The highest BCUT2D eigenvalue weighted by atomic mass is 35.5. The molecule has 0 bridgehead atoms. The molecule has 0 saturated carbocycles. The molecule has 11 nitrogen and oxygen atoms in total. The summed E-state index contributed by atoms with van der Waals surface area (Å²) < 4.78 is 19.5. The van der Waals surface area contributed by atoms with Crippen LogP contribution in [0, 0.1) is 6.92 Å². The van der Waals surface area contributed by atoms with Gasteiger partial charge in [0, 0.05) is 57.1 Å². The zero-order valence-corrected chi connectivity index (χ0v) is 21.3. The molecular formula is C22H30ClN6O5P. The largest absolute Gasteiger partial charge is 0.565 e. The lowest BCUT2D eigenvalue weighted by Gasteiger charge is -2.33. The minimum atomic E-state index is -3.04. The fourth-order valence-corrected chi connectivity index (χ4v) is 4.65. The van der Waals surface area contributed by atoms with Crippen molar-refractivity contribution in [3.05, 3.63) is 35.1 Å². The van der Waals surface area contributed by atoms with Crippen molar-refractivity contribution >= 4 is 36.8 Å².